The summed E-state index contributed by atoms with van der Waals surface area (Å²) in [7, 11) is 0. The maximum absolute atomic E-state index is 13.8. The zero-order valence-corrected chi connectivity index (χ0v) is 9.12. The van der Waals surface area contributed by atoms with Crippen LogP contribution >= 0.6 is 0 Å². The zero-order valence-electron chi connectivity index (χ0n) is 9.12. The van der Waals surface area contributed by atoms with E-state index in [0.717, 1.165) is 17.5 Å². The number of benzene rings is 1. The van der Waals surface area contributed by atoms with Crippen molar-refractivity contribution in [1.29, 1.82) is 5.26 Å². The quantitative estimate of drug-likeness (QED) is 0.745. The van der Waals surface area contributed by atoms with Gasteiger partial charge in [-0.15, -0.1) is 0 Å². The molecule has 0 saturated heterocycles. The molecule has 2 aliphatic heterocycles. The van der Waals surface area contributed by atoms with Gasteiger partial charge in [-0.3, -0.25) is 0 Å². The smallest absolute Gasteiger partial charge is 0.145 e. The molecule has 3 rings (SSSR count). The molecule has 1 aromatic rings. The summed E-state index contributed by atoms with van der Waals surface area (Å²) in [5.41, 5.74) is 1.61. The minimum atomic E-state index is -0.542. The Labute approximate surface area is 98.1 Å². The lowest BCUT2D eigenvalue weighted by atomic mass is 9.99. The van der Waals surface area contributed by atoms with Gasteiger partial charge in [0.1, 0.15) is 29.0 Å². The topological polar surface area (TPSA) is 42.2 Å². The normalized spacial score (nSPS) is 16.8. The molecule has 0 atom stereocenters. The number of halogens is 1. The van der Waals surface area contributed by atoms with E-state index < -0.39 is 5.82 Å². The third-order valence-electron chi connectivity index (χ3n) is 3.02. The molecule has 0 radical (unpaired) electrons. The Hall–Kier alpha value is -2.02. The molecule has 3 nitrogen and oxygen atoms in total. The van der Waals surface area contributed by atoms with E-state index in [1.54, 1.807) is 0 Å². The van der Waals surface area contributed by atoms with Gasteiger partial charge in [0.2, 0.25) is 0 Å². The molecule has 0 unspecified atom stereocenters. The second-order valence-corrected chi connectivity index (χ2v) is 4.00. The largest absolute Gasteiger partial charge is 0.493 e. The summed E-state index contributed by atoms with van der Waals surface area (Å²) in [6, 6.07) is 3.23. The number of ether oxygens (including phenoxy) is 2. The first kappa shape index (κ1) is 10.2. The van der Waals surface area contributed by atoms with E-state index in [-0.39, 0.29) is 5.56 Å². The fourth-order valence-electron chi connectivity index (χ4n) is 2.26. The molecule has 0 saturated carbocycles. The van der Waals surface area contributed by atoms with E-state index in [0.29, 0.717) is 31.1 Å². The van der Waals surface area contributed by atoms with Crippen molar-refractivity contribution in [2.75, 3.05) is 13.2 Å². The van der Waals surface area contributed by atoms with Crippen molar-refractivity contribution in [3.63, 3.8) is 0 Å². The van der Waals surface area contributed by atoms with E-state index in [4.69, 9.17) is 14.7 Å². The third-order valence-corrected chi connectivity index (χ3v) is 3.02. The van der Waals surface area contributed by atoms with Crippen LogP contribution < -0.4 is 4.74 Å². The zero-order chi connectivity index (χ0) is 11.8. The van der Waals surface area contributed by atoms with Crippen LogP contribution in [-0.2, 0) is 11.2 Å². The molecule has 0 fully saturated rings. The van der Waals surface area contributed by atoms with Crippen LogP contribution in [-0.4, -0.2) is 13.2 Å². The summed E-state index contributed by atoms with van der Waals surface area (Å²) in [4.78, 5) is 0. The molecule has 2 aliphatic rings. The highest BCUT2D eigenvalue weighted by Crippen LogP contribution is 2.38. The first-order valence-corrected chi connectivity index (χ1v) is 5.53. The van der Waals surface area contributed by atoms with Gasteiger partial charge in [0.15, 0.2) is 0 Å². The fourth-order valence-corrected chi connectivity index (χ4v) is 2.26. The van der Waals surface area contributed by atoms with Crippen LogP contribution in [0.3, 0.4) is 0 Å². The Morgan fingerprint density at radius 2 is 2.18 bits per heavy atom. The molecule has 1 aromatic carbocycles. The Morgan fingerprint density at radius 3 is 2.88 bits per heavy atom. The standard InChI is InChI=1S/C13H10FNO2/c14-11-6-9(12-2-1-4-16-12)8-3-5-17-13(8)10(11)7-15/h2,6H,1,3-5H2. The average Bonchev–Trinajstić information content (AvgIpc) is 2.99. The SMILES string of the molecule is N#Cc1c(F)cc(C2=CCCO2)c2c1OCC2. The van der Waals surface area contributed by atoms with Crippen molar-refractivity contribution in [2.24, 2.45) is 0 Å². The molecule has 2 heterocycles. The first-order chi connectivity index (χ1) is 8.31. The number of nitrogens with zero attached hydrogens (tertiary/aromatic N) is 1. The van der Waals surface area contributed by atoms with Gasteiger partial charge in [-0.1, -0.05) is 0 Å². The summed E-state index contributed by atoms with van der Waals surface area (Å²) in [5, 5.41) is 8.92. The van der Waals surface area contributed by atoms with Crippen molar-refractivity contribution in [3.8, 4) is 11.8 Å². The number of fused-ring (bicyclic) bond motifs is 1. The van der Waals surface area contributed by atoms with Crippen molar-refractivity contribution in [3.05, 3.63) is 34.6 Å². The second kappa shape index (κ2) is 3.77. The van der Waals surface area contributed by atoms with E-state index in [1.165, 1.54) is 6.07 Å². The lowest BCUT2D eigenvalue weighted by Gasteiger charge is -2.10. The van der Waals surface area contributed by atoms with Crippen molar-refractivity contribution in [1.82, 2.24) is 0 Å². The van der Waals surface area contributed by atoms with Gasteiger partial charge in [0.25, 0.3) is 0 Å². The Kier molecular flexibility index (Phi) is 2.25. The molecule has 0 N–H and O–H groups in total. The predicted octanol–water partition coefficient (Wildman–Crippen LogP) is 2.39. The molecule has 0 aliphatic carbocycles. The minimum absolute atomic E-state index is 0.000142. The van der Waals surface area contributed by atoms with E-state index in [2.05, 4.69) is 0 Å². The maximum atomic E-state index is 13.8. The van der Waals surface area contributed by atoms with Crippen molar-refractivity contribution < 1.29 is 13.9 Å². The molecule has 0 bridgehead atoms. The van der Waals surface area contributed by atoms with Gasteiger partial charge in [-0.25, -0.2) is 4.39 Å². The summed E-state index contributed by atoms with van der Waals surface area (Å²) in [5.74, 6) is 0.550. The van der Waals surface area contributed by atoms with Crippen LogP contribution in [0.15, 0.2) is 12.1 Å². The molecule has 17 heavy (non-hydrogen) atoms. The van der Waals surface area contributed by atoms with Crippen LogP contribution in [0.4, 0.5) is 4.39 Å². The van der Waals surface area contributed by atoms with E-state index >= 15 is 0 Å². The summed E-state index contributed by atoms with van der Waals surface area (Å²) >= 11 is 0. The third kappa shape index (κ3) is 1.47. The highest BCUT2D eigenvalue weighted by molar-refractivity contribution is 5.70. The molecular formula is C13H10FNO2. The van der Waals surface area contributed by atoms with Crippen LogP contribution in [0, 0.1) is 17.1 Å². The number of rotatable bonds is 1. The molecule has 4 heteroatoms. The van der Waals surface area contributed by atoms with Gasteiger partial charge in [0.05, 0.1) is 13.2 Å². The van der Waals surface area contributed by atoms with Gasteiger partial charge in [-0.2, -0.15) is 5.26 Å². The summed E-state index contributed by atoms with van der Waals surface area (Å²) in [6.45, 7) is 1.13. The first-order valence-electron chi connectivity index (χ1n) is 5.53. The van der Waals surface area contributed by atoms with E-state index in [9.17, 15) is 4.39 Å². The Bertz CT molecular complexity index is 558. The number of nitriles is 1. The van der Waals surface area contributed by atoms with Gasteiger partial charge in [-0.05, 0) is 12.1 Å². The molecule has 0 spiro atoms. The lowest BCUT2D eigenvalue weighted by Crippen LogP contribution is -1.97. The average molecular weight is 231 g/mol. The Morgan fingerprint density at radius 1 is 1.29 bits per heavy atom. The molecule has 0 amide bonds. The lowest BCUT2D eigenvalue weighted by molar-refractivity contribution is 0.307. The summed E-state index contributed by atoms with van der Waals surface area (Å²) < 4.78 is 24.6. The van der Waals surface area contributed by atoms with Crippen LogP contribution in [0.25, 0.3) is 5.76 Å². The number of hydrogen-bond donors (Lipinski definition) is 0. The fraction of sp³-hybridized carbons (Fsp3) is 0.308. The van der Waals surface area contributed by atoms with Crippen molar-refractivity contribution in [2.45, 2.75) is 12.8 Å². The maximum Gasteiger partial charge on any atom is 0.145 e. The molecule has 86 valence electrons. The van der Waals surface area contributed by atoms with Crippen LogP contribution in [0.2, 0.25) is 0 Å². The Balaban J connectivity index is 2.21. The summed E-state index contributed by atoms with van der Waals surface area (Å²) in [6.07, 6.45) is 3.48. The molecule has 0 aromatic heterocycles. The molecular weight excluding hydrogens is 221 g/mol. The number of hydrogen-bond acceptors (Lipinski definition) is 3. The minimum Gasteiger partial charge on any atom is -0.493 e. The van der Waals surface area contributed by atoms with Crippen LogP contribution in [0.5, 0.6) is 5.75 Å². The van der Waals surface area contributed by atoms with Gasteiger partial charge in [0, 0.05) is 24.0 Å². The van der Waals surface area contributed by atoms with Crippen LogP contribution in [0.1, 0.15) is 23.1 Å². The second-order valence-electron chi connectivity index (χ2n) is 4.00. The van der Waals surface area contributed by atoms with Gasteiger partial charge >= 0.3 is 0 Å². The van der Waals surface area contributed by atoms with Crippen molar-refractivity contribution >= 4 is 5.76 Å². The monoisotopic (exact) mass is 231 g/mol. The predicted molar refractivity (Wildman–Crippen MR) is 58.9 cm³/mol. The highest BCUT2D eigenvalue weighted by Gasteiger charge is 2.26. The highest BCUT2D eigenvalue weighted by atomic mass is 19.1. The van der Waals surface area contributed by atoms with E-state index in [1.807, 2.05) is 12.1 Å². The van der Waals surface area contributed by atoms with Gasteiger partial charge < -0.3 is 9.47 Å².